The van der Waals surface area contributed by atoms with Crippen molar-refractivity contribution in [3.8, 4) is 0 Å². The van der Waals surface area contributed by atoms with Gasteiger partial charge in [-0.15, -0.1) is 0 Å². The highest BCUT2D eigenvalue weighted by Gasteiger charge is 2.25. The van der Waals surface area contributed by atoms with Gasteiger partial charge in [0, 0.05) is 6.54 Å². The van der Waals surface area contributed by atoms with E-state index >= 15 is 0 Å². The first-order valence-electron chi connectivity index (χ1n) is 5.48. The van der Waals surface area contributed by atoms with Crippen molar-refractivity contribution in [3.05, 3.63) is 0 Å². The molecule has 0 bridgehead atoms. The molecule has 0 saturated carbocycles. The van der Waals surface area contributed by atoms with Crippen molar-refractivity contribution in [1.82, 2.24) is 4.90 Å². The van der Waals surface area contributed by atoms with Gasteiger partial charge in [-0.05, 0) is 47.1 Å². The summed E-state index contributed by atoms with van der Waals surface area (Å²) in [4.78, 5) is 13.5. The highest BCUT2D eigenvalue weighted by Crippen LogP contribution is 2.17. The van der Waals surface area contributed by atoms with Gasteiger partial charge < -0.3 is 9.47 Å². The molecule has 15 heavy (non-hydrogen) atoms. The Morgan fingerprint density at radius 1 is 1.33 bits per heavy atom. The third-order valence-electron chi connectivity index (χ3n) is 2.33. The van der Waals surface area contributed by atoms with Gasteiger partial charge in [0.05, 0.1) is 0 Å². The molecule has 0 radical (unpaired) electrons. The monoisotopic (exact) mass is 215 g/mol. The Kier molecular flexibility index (Phi) is 3.97. The quantitative estimate of drug-likeness (QED) is 0.629. The Labute approximate surface area is 91.5 Å². The van der Waals surface area contributed by atoms with E-state index in [9.17, 15) is 4.79 Å². The number of likely N-dealkylation sites (tertiary alicyclic amines) is 1. The second-order valence-electron chi connectivity index (χ2n) is 5.01. The van der Waals surface area contributed by atoms with Crippen LogP contribution in [0.15, 0.2) is 0 Å². The fraction of sp³-hybridized carbons (Fsp3) is 0.909. The minimum atomic E-state index is -0.568. The number of hydrogen-bond acceptors (Lipinski definition) is 4. The van der Waals surface area contributed by atoms with Crippen LogP contribution in [0.4, 0.5) is 4.79 Å². The summed E-state index contributed by atoms with van der Waals surface area (Å²) in [7, 11) is 1.97. The lowest BCUT2D eigenvalue weighted by atomic mass is 10.1. The molecule has 0 amide bonds. The van der Waals surface area contributed by atoms with Crippen LogP contribution < -0.4 is 0 Å². The van der Waals surface area contributed by atoms with Gasteiger partial charge in [-0.1, -0.05) is 0 Å². The van der Waals surface area contributed by atoms with Gasteiger partial charge in [0.2, 0.25) is 0 Å². The van der Waals surface area contributed by atoms with E-state index in [1.54, 1.807) is 0 Å². The van der Waals surface area contributed by atoms with Crippen LogP contribution in [0.3, 0.4) is 0 Å². The van der Waals surface area contributed by atoms with Crippen molar-refractivity contribution in [1.29, 1.82) is 0 Å². The lowest BCUT2D eigenvalue weighted by molar-refractivity contribution is -0.0775. The molecule has 1 saturated heterocycles. The summed E-state index contributed by atoms with van der Waals surface area (Å²) < 4.78 is 10.3. The molecule has 0 N–H and O–H groups in total. The zero-order valence-corrected chi connectivity index (χ0v) is 10.1. The summed E-state index contributed by atoms with van der Waals surface area (Å²) in [5.41, 5.74) is -0.482. The molecule has 1 heterocycles. The molecule has 0 aromatic carbocycles. The number of piperidine rings is 1. The number of carbonyl (C=O) groups excluding carboxylic acids is 1. The predicted octanol–water partition coefficient (Wildman–Crippen LogP) is 2.38. The molecule has 1 unspecified atom stereocenters. The number of hydrogen-bond donors (Lipinski definition) is 0. The Bertz CT molecular complexity index is 222. The molecule has 1 aliphatic rings. The van der Waals surface area contributed by atoms with Crippen LogP contribution in [0.5, 0.6) is 0 Å². The van der Waals surface area contributed by atoms with Crippen molar-refractivity contribution in [3.63, 3.8) is 0 Å². The molecule has 88 valence electrons. The van der Waals surface area contributed by atoms with Crippen molar-refractivity contribution >= 4 is 6.16 Å². The molecule has 0 spiro atoms. The van der Waals surface area contributed by atoms with Crippen molar-refractivity contribution in [2.24, 2.45) is 0 Å². The molecule has 0 aromatic heterocycles. The molecule has 4 heteroatoms. The first-order valence-corrected chi connectivity index (χ1v) is 5.48. The summed E-state index contributed by atoms with van der Waals surface area (Å²) in [5.74, 6) is 0. The number of nitrogens with zero attached hydrogens (tertiary/aromatic N) is 1. The maximum absolute atomic E-state index is 11.4. The minimum Gasteiger partial charge on any atom is -0.429 e. The van der Waals surface area contributed by atoms with Gasteiger partial charge in [-0.2, -0.15) is 0 Å². The van der Waals surface area contributed by atoms with Crippen LogP contribution in [-0.4, -0.2) is 36.5 Å². The first-order chi connectivity index (χ1) is 6.88. The maximum Gasteiger partial charge on any atom is 0.510 e. The predicted molar refractivity (Wildman–Crippen MR) is 57.6 cm³/mol. The van der Waals surface area contributed by atoms with E-state index in [2.05, 4.69) is 0 Å². The van der Waals surface area contributed by atoms with Gasteiger partial charge in [-0.3, -0.25) is 4.90 Å². The summed E-state index contributed by atoms with van der Waals surface area (Å²) in [6.07, 6.45) is 2.49. The summed E-state index contributed by atoms with van der Waals surface area (Å²) >= 11 is 0. The SMILES string of the molecule is CN1CCCCC1OC(=O)OC(C)(C)C. The zero-order valence-electron chi connectivity index (χ0n) is 10.1. The van der Waals surface area contributed by atoms with Gasteiger partial charge in [0.25, 0.3) is 0 Å². The second-order valence-corrected chi connectivity index (χ2v) is 5.01. The van der Waals surface area contributed by atoms with Crippen LogP contribution in [-0.2, 0) is 9.47 Å². The van der Waals surface area contributed by atoms with Crippen LogP contribution in [0, 0.1) is 0 Å². The molecular weight excluding hydrogens is 194 g/mol. The average molecular weight is 215 g/mol. The van der Waals surface area contributed by atoms with Crippen molar-refractivity contribution in [2.45, 2.75) is 51.9 Å². The molecule has 1 rings (SSSR count). The normalized spacial score (nSPS) is 23.6. The summed E-state index contributed by atoms with van der Waals surface area (Å²) in [6.45, 7) is 6.48. The van der Waals surface area contributed by atoms with Crippen molar-refractivity contribution < 1.29 is 14.3 Å². The molecular formula is C11H21NO3. The zero-order chi connectivity index (χ0) is 11.5. The van der Waals surface area contributed by atoms with E-state index in [4.69, 9.17) is 9.47 Å². The van der Waals surface area contributed by atoms with Crippen LogP contribution in [0.2, 0.25) is 0 Å². The average Bonchev–Trinajstić information content (AvgIpc) is 2.05. The first kappa shape index (κ1) is 12.3. The van der Waals surface area contributed by atoms with Gasteiger partial charge in [-0.25, -0.2) is 4.79 Å². The fourth-order valence-electron chi connectivity index (χ4n) is 1.58. The number of carbonyl (C=O) groups is 1. The molecule has 1 aliphatic heterocycles. The molecule has 4 nitrogen and oxygen atoms in total. The molecule has 0 aromatic rings. The lowest BCUT2D eigenvalue weighted by Gasteiger charge is -2.32. The molecule has 0 aliphatic carbocycles. The van der Waals surface area contributed by atoms with Crippen LogP contribution in [0.25, 0.3) is 0 Å². The highest BCUT2D eigenvalue weighted by molar-refractivity contribution is 5.60. The van der Waals surface area contributed by atoms with E-state index in [0.29, 0.717) is 0 Å². The lowest BCUT2D eigenvalue weighted by Crippen LogP contribution is -2.40. The largest absolute Gasteiger partial charge is 0.510 e. The maximum atomic E-state index is 11.4. The second kappa shape index (κ2) is 4.84. The van der Waals surface area contributed by atoms with Crippen LogP contribution in [0.1, 0.15) is 40.0 Å². The smallest absolute Gasteiger partial charge is 0.429 e. The number of rotatable bonds is 1. The third kappa shape index (κ3) is 4.51. The Morgan fingerprint density at radius 3 is 2.53 bits per heavy atom. The summed E-state index contributed by atoms with van der Waals surface area (Å²) in [5, 5.41) is 0. The summed E-state index contributed by atoms with van der Waals surface area (Å²) in [6, 6.07) is 0. The van der Waals surface area contributed by atoms with E-state index in [1.165, 1.54) is 6.42 Å². The highest BCUT2D eigenvalue weighted by atomic mass is 16.7. The van der Waals surface area contributed by atoms with Gasteiger partial charge in [0.1, 0.15) is 5.60 Å². The van der Waals surface area contributed by atoms with E-state index in [0.717, 1.165) is 19.4 Å². The molecule has 1 fully saturated rings. The fourth-order valence-corrected chi connectivity index (χ4v) is 1.58. The van der Waals surface area contributed by atoms with E-state index in [1.807, 2.05) is 32.7 Å². The standard InChI is InChI=1S/C11H21NO3/c1-11(2,3)15-10(13)14-9-7-5-6-8-12(9)4/h9H,5-8H2,1-4H3. The Morgan fingerprint density at radius 2 is 2.00 bits per heavy atom. The van der Waals surface area contributed by atoms with Crippen molar-refractivity contribution in [2.75, 3.05) is 13.6 Å². The van der Waals surface area contributed by atoms with E-state index < -0.39 is 11.8 Å². The number of ether oxygens (including phenoxy) is 2. The molecule has 1 atom stereocenters. The topological polar surface area (TPSA) is 38.8 Å². The third-order valence-corrected chi connectivity index (χ3v) is 2.33. The van der Waals surface area contributed by atoms with Gasteiger partial charge in [0.15, 0.2) is 6.23 Å². The van der Waals surface area contributed by atoms with Gasteiger partial charge >= 0.3 is 6.16 Å². The van der Waals surface area contributed by atoms with E-state index in [-0.39, 0.29) is 6.23 Å². The van der Waals surface area contributed by atoms with Crippen LogP contribution >= 0.6 is 0 Å². The Balaban J connectivity index is 2.36. The minimum absolute atomic E-state index is 0.117. The Hall–Kier alpha value is -0.770.